The Morgan fingerprint density at radius 1 is 0.952 bits per heavy atom. The van der Waals surface area contributed by atoms with Gasteiger partial charge < -0.3 is 0 Å². The highest BCUT2D eigenvalue weighted by Crippen LogP contribution is 2.33. The molecule has 0 bridgehead atoms. The minimum atomic E-state index is -0.135. The summed E-state index contributed by atoms with van der Waals surface area (Å²) >= 11 is 9.71. The highest BCUT2D eigenvalue weighted by atomic mass is 79.9. The molecule has 0 aliphatic carbocycles. The predicted octanol–water partition coefficient (Wildman–Crippen LogP) is 4.81. The van der Waals surface area contributed by atoms with Crippen LogP contribution in [0.15, 0.2) is 65.1 Å². The summed E-state index contributed by atoms with van der Waals surface area (Å²) in [7, 11) is 0. The van der Waals surface area contributed by atoms with Crippen molar-refractivity contribution in [2.75, 3.05) is 0 Å². The summed E-state index contributed by atoms with van der Waals surface area (Å²) in [6.07, 6.45) is 0. The minimum absolute atomic E-state index is 0.135. The van der Waals surface area contributed by atoms with Gasteiger partial charge in [-0.2, -0.15) is 0 Å². The average Bonchev–Trinajstić information content (AvgIpc) is 2.51. The summed E-state index contributed by atoms with van der Waals surface area (Å²) in [5, 5.41) is 3.05. The maximum absolute atomic E-state index is 6.13. The van der Waals surface area contributed by atoms with Gasteiger partial charge in [0.15, 0.2) is 0 Å². The van der Waals surface area contributed by atoms with E-state index >= 15 is 0 Å². The molecular weight excluding hydrogens is 348 g/mol. The summed E-state index contributed by atoms with van der Waals surface area (Å²) in [5.41, 5.74) is 5.05. The molecule has 0 saturated heterocycles. The van der Waals surface area contributed by atoms with Gasteiger partial charge in [0, 0.05) is 9.50 Å². The molecule has 3 N–H and O–H groups in total. The van der Waals surface area contributed by atoms with E-state index in [9.17, 15) is 0 Å². The Balaban J connectivity index is 2.21. The van der Waals surface area contributed by atoms with Crippen LogP contribution in [0.4, 0.5) is 0 Å². The molecule has 0 radical (unpaired) electrons. The molecule has 3 aromatic carbocycles. The van der Waals surface area contributed by atoms with Crippen LogP contribution in [-0.4, -0.2) is 0 Å². The first-order valence-electron chi connectivity index (χ1n) is 6.59. The fourth-order valence-electron chi connectivity index (χ4n) is 2.59. The van der Waals surface area contributed by atoms with Gasteiger partial charge in [0.2, 0.25) is 0 Å². The second-order valence-corrected chi connectivity index (χ2v) is 6.12. The van der Waals surface area contributed by atoms with Crippen LogP contribution >= 0.6 is 27.5 Å². The number of nitrogens with two attached hydrogens (primary N) is 1. The van der Waals surface area contributed by atoms with Crippen LogP contribution in [0.1, 0.15) is 17.2 Å². The topological polar surface area (TPSA) is 38.0 Å². The molecular formula is C17H14BrClN2. The molecule has 0 heterocycles. The Bertz CT molecular complexity index is 783. The molecule has 0 aliphatic heterocycles. The lowest BCUT2D eigenvalue weighted by molar-refractivity contribution is 0.639. The van der Waals surface area contributed by atoms with Crippen molar-refractivity contribution in [3.05, 3.63) is 81.3 Å². The standard InChI is InChI=1S/C17H14BrClN2/c18-16-9-8-12(19)10-15(16)17(21-20)14-7-3-5-11-4-1-2-6-13(11)14/h1-10,17,21H,20H2. The number of hydrogen-bond acceptors (Lipinski definition) is 2. The maximum atomic E-state index is 6.13. The van der Waals surface area contributed by atoms with Crippen LogP contribution in [0, 0.1) is 0 Å². The molecule has 0 fully saturated rings. The van der Waals surface area contributed by atoms with E-state index < -0.39 is 0 Å². The lowest BCUT2D eigenvalue weighted by Crippen LogP contribution is -2.29. The number of rotatable bonds is 3. The molecule has 2 nitrogen and oxygen atoms in total. The quantitative estimate of drug-likeness (QED) is 0.519. The Morgan fingerprint density at radius 2 is 1.71 bits per heavy atom. The lowest BCUT2D eigenvalue weighted by Gasteiger charge is -2.20. The van der Waals surface area contributed by atoms with Gasteiger partial charge in [-0.05, 0) is 40.1 Å². The van der Waals surface area contributed by atoms with Crippen LogP contribution in [-0.2, 0) is 0 Å². The van der Waals surface area contributed by atoms with E-state index in [2.05, 4.69) is 45.6 Å². The number of hydrogen-bond donors (Lipinski definition) is 2. The van der Waals surface area contributed by atoms with Crippen molar-refractivity contribution < 1.29 is 0 Å². The van der Waals surface area contributed by atoms with E-state index in [0.29, 0.717) is 5.02 Å². The monoisotopic (exact) mass is 360 g/mol. The molecule has 0 aliphatic rings. The minimum Gasteiger partial charge on any atom is -0.271 e. The lowest BCUT2D eigenvalue weighted by atomic mass is 9.94. The van der Waals surface area contributed by atoms with E-state index in [-0.39, 0.29) is 6.04 Å². The first-order chi connectivity index (χ1) is 10.2. The van der Waals surface area contributed by atoms with Crippen LogP contribution in [0.2, 0.25) is 5.02 Å². The molecule has 1 atom stereocenters. The number of nitrogens with one attached hydrogen (secondary N) is 1. The molecule has 3 rings (SSSR count). The summed E-state index contributed by atoms with van der Waals surface area (Å²) in [6.45, 7) is 0. The smallest absolute Gasteiger partial charge is 0.0727 e. The first-order valence-corrected chi connectivity index (χ1v) is 7.76. The molecule has 0 spiro atoms. The third-order valence-corrected chi connectivity index (χ3v) is 4.53. The van der Waals surface area contributed by atoms with E-state index in [1.165, 1.54) is 10.8 Å². The predicted molar refractivity (Wildman–Crippen MR) is 92.3 cm³/mol. The maximum Gasteiger partial charge on any atom is 0.0727 e. The molecule has 0 saturated carbocycles. The zero-order chi connectivity index (χ0) is 14.8. The molecule has 4 heteroatoms. The Kier molecular flexibility index (Phi) is 4.27. The van der Waals surface area contributed by atoms with E-state index in [1.807, 2.05) is 36.4 Å². The van der Waals surface area contributed by atoms with Crippen molar-refractivity contribution in [3.63, 3.8) is 0 Å². The van der Waals surface area contributed by atoms with Gasteiger partial charge in [-0.15, -0.1) is 0 Å². The highest BCUT2D eigenvalue weighted by Gasteiger charge is 2.18. The summed E-state index contributed by atoms with van der Waals surface area (Å²) in [6, 6.07) is 20.1. The second kappa shape index (κ2) is 6.16. The van der Waals surface area contributed by atoms with E-state index in [1.54, 1.807) is 0 Å². The summed E-state index contributed by atoms with van der Waals surface area (Å²) < 4.78 is 0.975. The summed E-state index contributed by atoms with van der Waals surface area (Å²) in [4.78, 5) is 0. The first kappa shape index (κ1) is 14.5. The third-order valence-electron chi connectivity index (χ3n) is 3.57. The highest BCUT2D eigenvalue weighted by molar-refractivity contribution is 9.10. The zero-order valence-corrected chi connectivity index (χ0v) is 13.5. The van der Waals surface area contributed by atoms with Gasteiger partial charge in [0.1, 0.15) is 0 Å². The van der Waals surface area contributed by atoms with Crippen LogP contribution in [0.25, 0.3) is 10.8 Å². The van der Waals surface area contributed by atoms with Crippen molar-refractivity contribution >= 4 is 38.3 Å². The average molecular weight is 362 g/mol. The van der Waals surface area contributed by atoms with Gasteiger partial charge in [0.05, 0.1) is 6.04 Å². The molecule has 106 valence electrons. The Hall–Kier alpha value is -1.39. The normalized spacial score (nSPS) is 12.5. The van der Waals surface area contributed by atoms with Gasteiger partial charge >= 0.3 is 0 Å². The van der Waals surface area contributed by atoms with Crippen LogP contribution in [0.3, 0.4) is 0 Å². The number of halogens is 2. The SMILES string of the molecule is NNC(c1cc(Cl)ccc1Br)c1cccc2ccccc12. The molecule has 0 aromatic heterocycles. The second-order valence-electron chi connectivity index (χ2n) is 4.83. The van der Waals surface area contributed by atoms with Gasteiger partial charge in [-0.25, -0.2) is 5.43 Å². The van der Waals surface area contributed by atoms with Gasteiger partial charge in [0.25, 0.3) is 0 Å². The third kappa shape index (κ3) is 2.83. The molecule has 3 aromatic rings. The van der Waals surface area contributed by atoms with Crippen molar-refractivity contribution in [2.24, 2.45) is 5.84 Å². The fourth-order valence-corrected chi connectivity index (χ4v) is 3.24. The fraction of sp³-hybridized carbons (Fsp3) is 0.0588. The van der Waals surface area contributed by atoms with Crippen molar-refractivity contribution in [2.45, 2.75) is 6.04 Å². The van der Waals surface area contributed by atoms with Crippen LogP contribution < -0.4 is 11.3 Å². The zero-order valence-electron chi connectivity index (χ0n) is 11.2. The molecule has 21 heavy (non-hydrogen) atoms. The summed E-state index contributed by atoms with van der Waals surface area (Å²) in [5.74, 6) is 5.83. The number of benzene rings is 3. The number of hydrazine groups is 1. The van der Waals surface area contributed by atoms with Gasteiger partial charge in [-0.3, -0.25) is 5.84 Å². The van der Waals surface area contributed by atoms with Crippen LogP contribution in [0.5, 0.6) is 0 Å². The number of fused-ring (bicyclic) bond motifs is 1. The van der Waals surface area contributed by atoms with Gasteiger partial charge in [-0.1, -0.05) is 70.0 Å². The van der Waals surface area contributed by atoms with Crippen molar-refractivity contribution in [1.29, 1.82) is 0 Å². The van der Waals surface area contributed by atoms with E-state index in [0.717, 1.165) is 15.6 Å². The van der Waals surface area contributed by atoms with E-state index in [4.69, 9.17) is 17.4 Å². The Morgan fingerprint density at radius 3 is 2.52 bits per heavy atom. The van der Waals surface area contributed by atoms with Crippen molar-refractivity contribution in [1.82, 2.24) is 5.43 Å². The largest absolute Gasteiger partial charge is 0.271 e. The molecule has 0 amide bonds. The molecule has 1 unspecified atom stereocenters. The van der Waals surface area contributed by atoms with Crippen molar-refractivity contribution in [3.8, 4) is 0 Å². The Labute approximate surface area is 137 Å².